The fourth-order valence-electron chi connectivity index (χ4n) is 4.60. The van der Waals surface area contributed by atoms with Crippen LogP contribution in [0.2, 0.25) is 40.2 Å². The first kappa shape index (κ1) is 38.5. The average Bonchev–Trinajstić information content (AvgIpc) is 2.93. The van der Waals surface area contributed by atoms with Crippen molar-refractivity contribution >= 4 is 92.8 Å². The number of hydrogen-bond donors (Lipinski definition) is 0. The Morgan fingerprint density at radius 1 is 0.378 bits per heavy atom. The van der Waals surface area contributed by atoms with Crippen LogP contribution in [0.5, 0.6) is 23.0 Å². The molecular formula is C30H20Cl8N2O4Ti. The molecule has 6 nitrogen and oxygen atoms in total. The van der Waals surface area contributed by atoms with Crippen LogP contribution < -0.4 is 20.4 Å². The molecule has 0 radical (unpaired) electrons. The quantitative estimate of drug-likeness (QED) is 0.143. The van der Waals surface area contributed by atoms with Crippen molar-refractivity contribution in [2.24, 2.45) is 0 Å². The number of nitrogens with zero attached hydrogens (tertiary/aromatic N) is 2. The maximum absolute atomic E-state index is 12.9. The molecule has 0 bridgehead atoms. The van der Waals surface area contributed by atoms with Crippen molar-refractivity contribution < 1.29 is 42.1 Å². The molecule has 0 aliphatic heterocycles. The monoisotopic (exact) mass is 800 g/mol. The van der Waals surface area contributed by atoms with Gasteiger partial charge in [-0.3, -0.25) is 9.80 Å². The van der Waals surface area contributed by atoms with Gasteiger partial charge < -0.3 is 20.4 Å². The van der Waals surface area contributed by atoms with Crippen molar-refractivity contribution in [3.05, 3.63) is 111 Å². The Bertz CT molecular complexity index is 1450. The first-order chi connectivity index (χ1) is 20.7. The van der Waals surface area contributed by atoms with Crippen molar-refractivity contribution in [2.45, 2.75) is 26.2 Å². The van der Waals surface area contributed by atoms with Crippen LogP contribution in [0.4, 0.5) is 0 Å². The maximum Gasteiger partial charge on any atom is 4.00 e. The zero-order valence-electron chi connectivity index (χ0n) is 22.9. The molecule has 4 rings (SSSR count). The molecule has 0 heterocycles. The van der Waals surface area contributed by atoms with Crippen molar-refractivity contribution in [3.63, 3.8) is 0 Å². The first-order valence-corrected chi connectivity index (χ1v) is 15.8. The summed E-state index contributed by atoms with van der Waals surface area (Å²) in [5.74, 6) is -1.67. The molecule has 15 heteroatoms. The van der Waals surface area contributed by atoms with Gasteiger partial charge in [0.15, 0.2) is 0 Å². The van der Waals surface area contributed by atoms with Crippen molar-refractivity contribution in [2.75, 3.05) is 13.1 Å². The van der Waals surface area contributed by atoms with E-state index in [1.54, 1.807) is 9.80 Å². The summed E-state index contributed by atoms with van der Waals surface area (Å²) < 4.78 is 0. The van der Waals surface area contributed by atoms with Gasteiger partial charge in [0.05, 0.1) is 0 Å². The predicted molar refractivity (Wildman–Crippen MR) is 172 cm³/mol. The molecule has 0 amide bonds. The van der Waals surface area contributed by atoms with E-state index in [1.807, 2.05) is 0 Å². The van der Waals surface area contributed by atoms with Crippen molar-refractivity contribution in [1.29, 1.82) is 0 Å². The number of hydrogen-bond acceptors (Lipinski definition) is 6. The summed E-state index contributed by atoms with van der Waals surface area (Å²) in [6, 6.07) is 11.4. The van der Waals surface area contributed by atoms with E-state index in [0.717, 1.165) is 0 Å². The molecule has 0 fully saturated rings. The Kier molecular flexibility index (Phi) is 14.5. The Morgan fingerprint density at radius 3 is 0.778 bits per heavy atom. The summed E-state index contributed by atoms with van der Waals surface area (Å²) in [5.41, 5.74) is 1.17. The van der Waals surface area contributed by atoms with Gasteiger partial charge in [0.1, 0.15) is 0 Å². The zero-order valence-corrected chi connectivity index (χ0v) is 30.5. The predicted octanol–water partition coefficient (Wildman–Crippen LogP) is 7.91. The van der Waals surface area contributed by atoms with Crippen LogP contribution in [0.1, 0.15) is 22.3 Å². The SMILES string of the molecule is [O-]c1c(Cl)cc(Cl)cc1CN(CCN(Cc1cc(Cl)cc(Cl)c1[O-])Cc1cc(Cl)cc(Cl)c1[O-])Cc1cc(Cl)cc(Cl)c1[O-].[Ti+4]. The second-order valence-electron chi connectivity index (χ2n) is 9.92. The molecule has 4 aromatic rings. The van der Waals surface area contributed by atoms with Crippen molar-refractivity contribution in [3.8, 4) is 23.0 Å². The minimum atomic E-state index is -0.418. The van der Waals surface area contributed by atoms with Gasteiger partial charge in [0, 0.05) is 79.4 Å². The largest absolute Gasteiger partial charge is 4.00 e. The van der Waals surface area contributed by atoms with Gasteiger partial charge in [-0.1, -0.05) is 116 Å². The summed E-state index contributed by atoms with van der Waals surface area (Å²) in [6.07, 6.45) is 0. The van der Waals surface area contributed by atoms with Gasteiger partial charge in [-0.05, 0) is 70.8 Å². The van der Waals surface area contributed by atoms with E-state index in [-0.39, 0.29) is 101 Å². The summed E-state index contributed by atoms with van der Waals surface area (Å²) in [7, 11) is 0. The van der Waals surface area contributed by atoms with E-state index in [1.165, 1.54) is 48.5 Å². The minimum Gasteiger partial charge on any atom is -0.871 e. The van der Waals surface area contributed by atoms with Gasteiger partial charge in [0.25, 0.3) is 0 Å². The van der Waals surface area contributed by atoms with Gasteiger partial charge in [-0.25, -0.2) is 0 Å². The molecule has 0 spiro atoms. The summed E-state index contributed by atoms with van der Waals surface area (Å²) >= 11 is 49.2. The third-order valence-corrected chi connectivity index (χ3v) is 8.65. The van der Waals surface area contributed by atoms with E-state index in [2.05, 4.69) is 0 Å². The number of benzene rings is 4. The molecule has 0 atom stereocenters. The smallest absolute Gasteiger partial charge is 0.871 e. The molecule has 0 N–H and O–H groups in total. The molecule has 0 aromatic heterocycles. The standard InChI is InChI=1S/C30H24Cl8N2O4.Ti/c31-19-3-15(27(41)23(35)7-19)11-39(12-16-4-20(32)8-24(36)28(16)42)1-2-40(13-17-5-21(33)9-25(37)29(17)43)14-18-6-22(34)10-26(38)30(18)44;/h3-10,41-44H,1-2,11-14H2;/q;+4/p-4. The second kappa shape index (κ2) is 16.9. The minimum absolute atomic E-state index is 0. The van der Waals surface area contributed by atoms with E-state index in [9.17, 15) is 20.4 Å². The molecule has 4 aromatic carbocycles. The maximum atomic E-state index is 12.9. The summed E-state index contributed by atoms with van der Waals surface area (Å²) in [6.45, 7) is 0.616. The number of halogens is 8. The van der Waals surface area contributed by atoms with E-state index >= 15 is 0 Å². The van der Waals surface area contributed by atoms with Crippen LogP contribution in [0.25, 0.3) is 0 Å². The Hall–Kier alpha value is -0.966. The average molecular weight is 804 g/mol. The van der Waals surface area contributed by atoms with Crippen LogP contribution in [0.3, 0.4) is 0 Å². The van der Waals surface area contributed by atoms with Crippen molar-refractivity contribution in [1.82, 2.24) is 9.80 Å². The molecule has 0 aliphatic rings. The van der Waals surface area contributed by atoms with Crippen LogP contribution in [-0.4, -0.2) is 22.9 Å². The van der Waals surface area contributed by atoms with Crippen LogP contribution in [0.15, 0.2) is 48.5 Å². The van der Waals surface area contributed by atoms with Crippen LogP contribution >= 0.6 is 92.8 Å². The molecule has 0 saturated heterocycles. The summed E-state index contributed by atoms with van der Waals surface area (Å²) in [4.78, 5) is 3.60. The molecular weight excluding hydrogens is 784 g/mol. The Morgan fingerprint density at radius 2 is 0.578 bits per heavy atom. The van der Waals surface area contributed by atoms with Crippen LogP contribution in [-0.2, 0) is 47.9 Å². The van der Waals surface area contributed by atoms with Gasteiger partial charge in [-0.2, -0.15) is 0 Å². The first-order valence-electron chi connectivity index (χ1n) is 12.8. The van der Waals surface area contributed by atoms with Gasteiger partial charge >= 0.3 is 21.7 Å². The molecule has 0 aliphatic carbocycles. The van der Waals surface area contributed by atoms with Gasteiger partial charge in [-0.15, -0.1) is 0 Å². The van der Waals surface area contributed by atoms with Gasteiger partial charge in [0.2, 0.25) is 0 Å². The van der Waals surface area contributed by atoms with Crippen LogP contribution in [0, 0.1) is 0 Å². The normalized spacial score (nSPS) is 11.3. The molecule has 0 saturated carbocycles. The molecule has 45 heavy (non-hydrogen) atoms. The Balaban J connectivity index is 0.00000552. The van der Waals surface area contributed by atoms with E-state index in [0.29, 0.717) is 22.3 Å². The second-order valence-corrected chi connectivity index (χ2v) is 13.3. The third kappa shape index (κ3) is 10.3. The fraction of sp³-hybridized carbons (Fsp3) is 0.200. The molecule has 0 unspecified atom stereocenters. The summed E-state index contributed by atoms with van der Waals surface area (Å²) in [5, 5.41) is 52.3. The Labute approximate surface area is 315 Å². The fourth-order valence-corrected chi connectivity index (χ4v) is 6.74. The zero-order chi connectivity index (χ0) is 32.3. The van der Waals surface area contributed by atoms with E-state index in [4.69, 9.17) is 92.8 Å². The number of rotatable bonds is 11. The molecule has 234 valence electrons. The topological polar surface area (TPSA) is 98.7 Å². The van der Waals surface area contributed by atoms with E-state index < -0.39 is 23.0 Å². The third-order valence-electron chi connectivity index (χ3n) is 6.65.